The number of carbonyl (C=O) groups excluding carboxylic acids is 1. The number of para-hydroxylation sites is 1. The second-order valence-corrected chi connectivity index (χ2v) is 6.72. The first kappa shape index (κ1) is 15.7. The third kappa shape index (κ3) is 2.84. The van der Waals surface area contributed by atoms with Gasteiger partial charge in [-0.2, -0.15) is 0 Å². The molecule has 1 aliphatic carbocycles. The molecule has 1 N–H and O–H groups in total. The average molecular weight is 332 g/mol. The van der Waals surface area contributed by atoms with Crippen molar-refractivity contribution < 1.29 is 19.4 Å². The Kier molecular flexibility index (Phi) is 4.33. The van der Waals surface area contributed by atoms with E-state index < -0.39 is 0 Å². The number of rotatable bonds is 2. The number of carbonyl (C=O) groups is 1. The normalized spacial score (nSPS) is 27.3. The molecule has 4 rings (SSSR count). The SMILES string of the molecule is O=C(c1cccc2c1OCCO2)N1CCN(C2CCCC2O)CC1. The molecule has 1 aromatic carbocycles. The smallest absolute Gasteiger partial charge is 0.257 e. The van der Waals surface area contributed by atoms with Crippen molar-refractivity contribution in [3.8, 4) is 11.5 Å². The van der Waals surface area contributed by atoms with Crippen LogP contribution in [0.25, 0.3) is 0 Å². The molecule has 0 aromatic heterocycles. The fourth-order valence-electron chi connectivity index (χ4n) is 4.02. The average Bonchev–Trinajstić information content (AvgIpc) is 3.07. The van der Waals surface area contributed by atoms with E-state index in [0.717, 1.165) is 32.4 Å². The van der Waals surface area contributed by atoms with Gasteiger partial charge in [0.2, 0.25) is 0 Å². The number of benzene rings is 1. The molecule has 1 aromatic rings. The lowest BCUT2D eigenvalue weighted by Gasteiger charge is -2.39. The van der Waals surface area contributed by atoms with E-state index in [0.29, 0.717) is 43.4 Å². The lowest BCUT2D eigenvalue weighted by atomic mass is 10.1. The van der Waals surface area contributed by atoms with Crippen LogP contribution in [0, 0.1) is 0 Å². The van der Waals surface area contributed by atoms with Crippen LogP contribution in [0.2, 0.25) is 0 Å². The van der Waals surface area contributed by atoms with Crippen molar-refractivity contribution in [3.63, 3.8) is 0 Å². The zero-order chi connectivity index (χ0) is 16.5. The van der Waals surface area contributed by atoms with Gasteiger partial charge in [-0.15, -0.1) is 0 Å². The summed E-state index contributed by atoms with van der Waals surface area (Å²) in [6.07, 6.45) is 2.85. The molecule has 2 fully saturated rings. The molecule has 130 valence electrons. The van der Waals surface area contributed by atoms with Crippen LogP contribution in [0.5, 0.6) is 11.5 Å². The second kappa shape index (κ2) is 6.61. The molecule has 2 heterocycles. The van der Waals surface area contributed by atoms with Gasteiger partial charge < -0.3 is 19.5 Å². The van der Waals surface area contributed by atoms with Gasteiger partial charge in [0.05, 0.1) is 11.7 Å². The van der Waals surface area contributed by atoms with Crippen molar-refractivity contribution in [2.45, 2.75) is 31.4 Å². The minimum absolute atomic E-state index is 0.00368. The topological polar surface area (TPSA) is 62.2 Å². The zero-order valence-corrected chi connectivity index (χ0v) is 13.8. The van der Waals surface area contributed by atoms with Crippen molar-refractivity contribution >= 4 is 5.91 Å². The Balaban J connectivity index is 1.43. The lowest BCUT2D eigenvalue weighted by molar-refractivity contribution is 0.0312. The van der Waals surface area contributed by atoms with E-state index in [1.165, 1.54) is 0 Å². The van der Waals surface area contributed by atoms with Crippen LogP contribution in [0.3, 0.4) is 0 Å². The number of hydrogen-bond donors (Lipinski definition) is 1. The summed E-state index contributed by atoms with van der Waals surface area (Å²) in [4.78, 5) is 17.1. The quantitative estimate of drug-likeness (QED) is 0.880. The fourth-order valence-corrected chi connectivity index (χ4v) is 4.02. The molecule has 0 radical (unpaired) electrons. The molecule has 3 aliphatic rings. The maximum absolute atomic E-state index is 12.9. The predicted molar refractivity (Wildman–Crippen MR) is 88.6 cm³/mol. The zero-order valence-electron chi connectivity index (χ0n) is 13.8. The number of nitrogens with zero attached hydrogens (tertiary/aromatic N) is 2. The van der Waals surface area contributed by atoms with Crippen molar-refractivity contribution in [1.82, 2.24) is 9.80 Å². The highest BCUT2D eigenvalue weighted by Crippen LogP contribution is 2.34. The van der Waals surface area contributed by atoms with E-state index in [9.17, 15) is 9.90 Å². The third-order valence-corrected chi connectivity index (χ3v) is 5.31. The van der Waals surface area contributed by atoms with Crippen molar-refractivity contribution in [2.75, 3.05) is 39.4 Å². The molecule has 0 bridgehead atoms. The molecule has 0 spiro atoms. The van der Waals surface area contributed by atoms with Crippen LogP contribution in [0.1, 0.15) is 29.6 Å². The lowest BCUT2D eigenvalue weighted by Crippen LogP contribution is -2.53. The first-order valence-electron chi connectivity index (χ1n) is 8.84. The summed E-state index contributed by atoms with van der Waals surface area (Å²) < 4.78 is 11.2. The number of amides is 1. The van der Waals surface area contributed by atoms with Gasteiger partial charge in [0, 0.05) is 32.2 Å². The molecule has 1 amide bonds. The number of ether oxygens (including phenoxy) is 2. The summed E-state index contributed by atoms with van der Waals surface area (Å²) in [5, 5.41) is 10.1. The van der Waals surface area contributed by atoms with E-state index in [4.69, 9.17) is 9.47 Å². The summed E-state index contributed by atoms with van der Waals surface area (Å²) in [6.45, 7) is 4.01. The van der Waals surface area contributed by atoms with Gasteiger partial charge in [0.1, 0.15) is 13.2 Å². The van der Waals surface area contributed by atoms with Gasteiger partial charge in [0.25, 0.3) is 5.91 Å². The van der Waals surface area contributed by atoms with Gasteiger partial charge in [-0.05, 0) is 31.4 Å². The number of piperazine rings is 1. The Hall–Kier alpha value is -1.79. The second-order valence-electron chi connectivity index (χ2n) is 6.72. The van der Waals surface area contributed by atoms with Gasteiger partial charge in [-0.1, -0.05) is 6.07 Å². The van der Waals surface area contributed by atoms with E-state index in [1.807, 2.05) is 23.1 Å². The van der Waals surface area contributed by atoms with E-state index >= 15 is 0 Å². The molecule has 2 atom stereocenters. The standard InChI is InChI=1S/C18H24N2O4/c21-15-5-2-4-14(15)19-7-9-20(10-8-19)18(22)13-3-1-6-16-17(13)24-12-11-23-16/h1,3,6,14-15,21H,2,4-5,7-12H2. The number of hydrogen-bond acceptors (Lipinski definition) is 5. The Morgan fingerprint density at radius 3 is 2.62 bits per heavy atom. The monoisotopic (exact) mass is 332 g/mol. The third-order valence-electron chi connectivity index (χ3n) is 5.31. The highest BCUT2D eigenvalue weighted by atomic mass is 16.6. The van der Waals surface area contributed by atoms with E-state index in [2.05, 4.69) is 4.90 Å². The molecule has 6 heteroatoms. The Labute approximate surface area is 141 Å². The van der Waals surface area contributed by atoms with Crippen LogP contribution in [-0.2, 0) is 0 Å². The highest BCUT2D eigenvalue weighted by Gasteiger charge is 2.34. The Bertz CT molecular complexity index is 613. The van der Waals surface area contributed by atoms with Gasteiger partial charge in [-0.25, -0.2) is 0 Å². The van der Waals surface area contributed by atoms with Crippen LogP contribution in [-0.4, -0.2) is 72.4 Å². The predicted octanol–water partition coefficient (Wildman–Crippen LogP) is 1.13. The summed E-state index contributed by atoms with van der Waals surface area (Å²) in [5.41, 5.74) is 0.585. The number of aliphatic hydroxyl groups excluding tert-OH is 1. The summed E-state index contributed by atoms with van der Waals surface area (Å²) in [7, 11) is 0. The first-order valence-corrected chi connectivity index (χ1v) is 8.84. The Morgan fingerprint density at radius 1 is 1.08 bits per heavy atom. The molecular formula is C18H24N2O4. The molecule has 2 aliphatic heterocycles. The summed E-state index contributed by atoms with van der Waals surface area (Å²) >= 11 is 0. The van der Waals surface area contributed by atoms with Crippen LogP contribution in [0.4, 0.5) is 0 Å². The number of aliphatic hydroxyl groups is 1. The highest BCUT2D eigenvalue weighted by molar-refractivity contribution is 5.98. The van der Waals surface area contributed by atoms with Gasteiger partial charge in [-0.3, -0.25) is 9.69 Å². The fraction of sp³-hybridized carbons (Fsp3) is 0.611. The Morgan fingerprint density at radius 2 is 1.88 bits per heavy atom. The van der Waals surface area contributed by atoms with E-state index in [-0.39, 0.29) is 18.1 Å². The molecule has 1 saturated carbocycles. The van der Waals surface area contributed by atoms with Crippen LogP contribution in [0.15, 0.2) is 18.2 Å². The maximum Gasteiger partial charge on any atom is 0.257 e. The van der Waals surface area contributed by atoms with Crippen LogP contribution < -0.4 is 9.47 Å². The van der Waals surface area contributed by atoms with Crippen molar-refractivity contribution in [1.29, 1.82) is 0 Å². The molecule has 1 saturated heterocycles. The minimum atomic E-state index is -0.209. The summed E-state index contributed by atoms with van der Waals surface area (Å²) in [5.74, 6) is 1.23. The molecular weight excluding hydrogens is 308 g/mol. The molecule has 6 nitrogen and oxygen atoms in total. The van der Waals surface area contributed by atoms with Crippen molar-refractivity contribution in [2.24, 2.45) is 0 Å². The first-order chi connectivity index (χ1) is 11.7. The molecule has 2 unspecified atom stereocenters. The number of fused-ring (bicyclic) bond motifs is 1. The maximum atomic E-state index is 12.9. The van der Waals surface area contributed by atoms with Crippen molar-refractivity contribution in [3.05, 3.63) is 23.8 Å². The van der Waals surface area contributed by atoms with Crippen LogP contribution >= 0.6 is 0 Å². The van der Waals surface area contributed by atoms with Gasteiger partial charge >= 0.3 is 0 Å². The minimum Gasteiger partial charge on any atom is -0.486 e. The molecule has 24 heavy (non-hydrogen) atoms. The largest absolute Gasteiger partial charge is 0.486 e. The summed E-state index contributed by atoms with van der Waals surface area (Å²) in [6, 6.07) is 5.75. The van der Waals surface area contributed by atoms with E-state index in [1.54, 1.807) is 0 Å². The van der Waals surface area contributed by atoms with Gasteiger partial charge in [0.15, 0.2) is 11.5 Å².